The number of hydrogen-bond donors (Lipinski definition) is 1. The summed E-state index contributed by atoms with van der Waals surface area (Å²) in [6.45, 7) is 5.11. The van der Waals surface area contributed by atoms with Crippen molar-refractivity contribution in [3.8, 4) is 0 Å². The average Bonchev–Trinajstić information content (AvgIpc) is 2.46. The summed E-state index contributed by atoms with van der Waals surface area (Å²) in [7, 11) is 0. The number of aliphatic imine (C=N–C) groups is 1. The largest absolute Gasteiger partial charge is 0.433 e. The predicted molar refractivity (Wildman–Crippen MR) is 59.3 cm³/mol. The van der Waals surface area contributed by atoms with E-state index in [0.29, 0.717) is 12.1 Å². The van der Waals surface area contributed by atoms with Gasteiger partial charge in [0.05, 0.1) is 6.54 Å². The fourth-order valence-electron chi connectivity index (χ4n) is 2.17. The van der Waals surface area contributed by atoms with Crippen LogP contribution in [0.4, 0.5) is 13.2 Å². The van der Waals surface area contributed by atoms with Crippen LogP contribution >= 0.6 is 12.4 Å². The quantitative estimate of drug-likeness (QED) is 0.705. The Bertz CT molecular complexity index is 356. The molecule has 2 nitrogen and oxygen atoms in total. The van der Waals surface area contributed by atoms with E-state index in [9.17, 15) is 13.2 Å². The molecule has 6 heteroatoms. The van der Waals surface area contributed by atoms with Crippen LogP contribution in [0.5, 0.6) is 0 Å². The summed E-state index contributed by atoms with van der Waals surface area (Å²) in [6, 6.07) is 0. The number of hydrogen-bond acceptors (Lipinski definition) is 2. The summed E-state index contributed by atoms with van der Waals surface area (Å²) >= 11 is 0. The molecular weight excluding hydrogens is 241 g/mol. The first-order valence-corrected chi connectivity index (χ1v) is 4.87. The fraction of sp³-hybridized carbons (Fsp3) is 0.700. The van der Waals surface area contributed by atoms with Crippen molar-refractivity contribution in [2.75, 3.05) is 19.6 Å². The van der Waals surface area contributed by atoms with Crippen molar-refractivity contribution >= 4 is 18.1 Å². The lowest BCUT2D eigenvalue weighted by Crippen LogP contribution is -2.41. The SMILES string of the molecule is CC1(C)CNCC2=C1CN=C2C(F)(F)F.Cl. The minimum absolute atomic E-state index is 0. The maximum absolute atomic E-state index is 12.6. The molecule has 16 heavy (non-hydrogen) atoms. The first-order valence-electron chi connectivity index (χ1n) is 4.87. The number of halogens is 4. The third-order valence-electron chi connectivity index (χ3n) is 3.00. The number of rotatable bonds is 0. The van der Waals surface area contributed by atoms with Crippen LogP contribution in [0.15, 0.2) is 16.1 Å². The number of nitrogens with one attached hydrogen (secondary N) is 1. The molecule has 0 unspecified atom stereocenters. The van der Waals surface area contributed by atoms with E-state index in [1.165, 1.54) is 0 Å². The number of alkyl halides is 3. The van der Waals surface area contributed by atoms with E-state index in [4.69, 9.17) is 0 Å². The van der Waals surface area contributed by atoms with E-state index >= 15 is 0 Å². The molecule has 0 aliphatic carbocycles. The van der Waals surface area contributed by atoms with Gasteiger partial charge in [-0.15, -0.1) is 12.4 Å². The van der Waals surface area contributed by atoms with Gasteiger partial charge in [0, 0.05) is 18.5 Å². The maximum Gasteiger partial charge on any atom is 0.433 e. The molecule has 2 aliphatic heterocycles. The van der Waals surface area contributed by atoms with Gasteiger partial charge >= 0.3 is 6.18 Å². The Morgan fingerprint density at radius 3 is 2.50 bits per heavy atom. The minimum atomic E-state index is -4.31. The second-order valence-electron chi connectivity index (χ2n) is 4.61. The van der Waals surface area contributed by atoms with Gasteiger partial charge in [0.2, 0.25) is 0 Å². The lowest BCUT2D eigenvalue weighted by atomic mass is 9.79. The Kier molecular flexibility index (Phi) is 3.41. The zero-order valence-corrected chi connectivity index (χ0v) is 9.93. The van der Waals surface area contributed by atoms with Crippen LogP contribution in [0.2, 0.25) is 0 Å². The smallest absolute Gasteiger partial charge is 0.312 e. The molecule has 0 spiro atoms. The molecule has 0 amide bonds. The van der Waals surface area contributed by atoms with Gasteiger partial charge in [-0.3, -0.25) is 4.99 Å². The molecule has 2 aliphatic rings. The molecule has 2 rings (SSSR count). The van der Waals surface area contributed by atoms with Gasteiger partial charge in [-0.1, -0.05) is 13.8 Å². The minimum Gasteiger partial charge on any atom is -0.312 e. The van der Waals surface area contributed by atoms with Crippen molar-refractivity contribution in [3.63, 3.8) is 0 Å². The molecule has 92 valence electrons. The van der Waals surface area contributed by atoms with Gasteiger partial charge in [0.25, 0.3) is 0 Å². The molecule has 0 aromatic carbocycles. The third-order valence-corrected chi connectivity index (χ3v) is 3.00. The summed E-state index contributed by atoms with van der Waals surface area (Å²) < 4.78 is 37.8. The zero-order chi connectivity index (χ0) is 11.3. The molecule has 0 atom stereocenters. The Hall–Kier alpha value is -0.550. The van der Waals surface area contributed by atoms with Crippen LogP contribution in [-0.2, 0) is 0 Å². The monoisotopic (exact) mass is 254 g/mol. The highest BCUT2D eigenvalue weighted by Crippen LogP contribution is 2.38. The van der Waals surface area contributed by atoms with Gasteiger partial charge in [-0.05, 0) is 11.1 Å². The van der Waals surface area contributed by atoms with Crippen molar-refractivity contribution in [2.45, 2.75) is 20.0 Å². The topological polar surface area (TPSA) is 24.4 Å². The van der Waals surface area contributed by atoms with Crippen LogP contribution in [0.25, 0.3) is 0 Å². The summed E-state index contributed by atoms with van der Waals surface area (Å²) in [5.74, 6) is 0. The van der Waals surface area contributed by atoms with Gasteiger partial charge in [-0.2, -0.15) is 13.2 Å². The second kappa shape index (κ2) is 4.04. The van der Waals surface area contributed by atoms with Crippen molar-refractivity contribution in [1.82, 2.24) is 5.32 Å². The normalized spacial score (nSPS) is 23.7. The second-order valence-corrected chi connectivity index (χ2v) is 4.61. The van der Waals surface area contributed by atoms with Gasteiger partial charge in [0.1, 0.15) is 5.71 Å². The van der Waals surface area contributed by atoms with Crippen molar-refractivity contribution in [1.29, 1.82) is 0 Å². The lowest BCUT2D eigenvalue weighted by molar-refractivity contribution is -0.0582. The Morgan fingerprint density at radius 2 is 1.94 bits per heavy atom. The van der Waals surface area contributed by atoms with Gasteiger partial charge in [-0.25, -0.2) is 0 Å². The predicted octanol–water partition coefficient (Wildman–Crippen LogP) is 2.35. The van der Waals surface area contributed by atoms with E-state index in [2.05, 4.69) is 10.3 Å². The van der Waals surface area contributed by atoms with E-state index in [-0.39, 0.29) is 30.9 Å². The van der Waals surface area contributed by atoms with Gasteiger partial charge < -0.3 is 5.32 Å². The molecule has 0 radical (unpaired) electrons. The molecule has 0 saturated heterocycles. The molecule has 0 bridgehead atoms. The average molecular weight is 255 g/mol. The van der Waals surface area contributed by atoms with Crippen LogP contribution in [0, 0.1) is 5.41 Å². The van der Waals surface area contributed by atoms with Crippen molar-refractivity contribution in [3.05, 3.63) is 11.1 Å². The highest BCUT2D eigenvalue weighted by Gasteiger charge is 2.44. The molecule has 1 N–H and O–H groups in total. The third kappa shape index (κ3) is 2.11. The highest BCUT2D eigenvalue weighted by atomic mass is 35.5. The summed E-state index contributed by atoms with van der Waals surface area (Å²) in [4.78, 5) is 3.62. The van der Waals surface area contributed by atoms with Crippen LogP contribution in [0.3, 0.4) is 0 Å². The Balaban J connectivity index is 0.00000128. The zero-order valence-electron chi connectivity index (χ0n) is 9.11. The lowest BCUT2D eigenvalue weighted by Gasteiger charge is -2.32. The molecule has 2 heterocycles. The summed E-state index contributed by atoms with van der Waals surface area (Å²) in [6.07, 6.45) is -4.31. The molecule has 0 aromatic heterocycles. The number of nitrogens with zero attached hydrogens (tertiary/aromatic N) is 1. The summed E-state index contributed by atoms with van der Waals surface area (Å²) in [5, 5.41) is 3.01. The van der Waals surface area contributed by atoms with Crippen LogP contribution < -0.4 is 5.32 Å². The molecule has 0 saturated carbocycles. The van der Waals surface area contributed by atoms with Crippen LogP contribution in [0.1, 0.15) is 13.8 Å². The van der Waals surface area contributed by atoms with E-state index in [0.717, 1.165) is 5.57 Å². The Labute approximate surface area is 98.4 Å². The fourth-order valence-corrected chi connectivity index (χ4v) is 2.17. The van der Waals surface area contributed by atoms with Crippen LogP contribution in [-0.4, -0.2) is 31.5 Å². The molecule has 0 aromatic rings. The molecule has 0 fully saturated rings. The maximum atomic E-state index is 12.6. The van der Waals surface area contributed by atoms with Crippen molar-refractivity contribution < 1.29 is 13.2 Å². The first-order chi connectivity index (χ1) is 6.82. The highest BCUT2D eigenvalue weighted by molar-refractivity contribution is 6.07. The molecular formula is C10H14ClF3N2. The first kappa shape index (κ1) is 13.5. The van der Waals surface area contributed by atoms with E-state index < -0.39 is 11.9 Å². The Morgan fingerprint density at radius 1 is 1.31 bits per heavy atom. The summed E-state index contributed by atoms with van der Waals surface area (Å²) in [5.41, 5.74) is 0.300. The van der Waals surface area contributed by atoms with Crippen molar-refractivity contribution in [2.24, 2.45) is 10.4 Å². The standard InChI is InChI=1S/C10H13F3N2.ClH/c1-9(2)5-14-3-6-7(9)4-15-8(6)10(11,12)13;/h14H,3-5H2,1-2H3;1H. The van der Waals surface area contributed by atoms with E-state index in [1.54, 1.807) is 0 Å². The van der Waals surface area contributed by atoms with Gasteiger partial charge in [0.15, 0.2) is 0 Å². The van der Waals surface area contributed by atoms with E-state index in [1.807, 2.05) is 13.8 Å².